The molecule has 7 nitrogen and oxygen atoms in total. The van der Waals surface area contributed by atoms with Crippen molar-refractivity contribution in [1.29, 1.82) is 5.41 Å². The zero-order chi connectivity index (χ0) is 16.8. The van der Waals surface area contributed by atoms with E-state index in [0.29, 0.717) is 12.0 Å². The molecular formula is C17H16N6O. The predicted octanol–water partition coefficient (Wildman–Crippen LogP) is 1.70. The third kappa shape index (κ3) is 1.98. The predicted molar refractivity (Wildman–Crippen MR) is 90.1 cm³/mol. The van der Waals surface area contributed by atoms with Crippen LogP contribution in [0.3, 0.4) is 0 Å². The van der Waals surface area contributed by atoms with Gasteiger partial charge in [0.2, 0.25) is 0 Å². The first-order valence-electron chi connectivity index (χ1n) is 7.66. The van der Waals surface area contributed by atoms with Gasteiger partial charge in [0.25, 0.3) is 5.91 Å². The fraction of sp³-hybridized carbons (Fsp3) is 0.176. The molecule has 24 heavy (non-hydrogen) atoms. The fourth-order valence-corrected chi connectivity index (χ4v) is 3.28. The molecule has 0 saturated carbocycles. The molecular weight excluding hydrogens is 304 g/mol. The highest BCUT2D eigenvalue weighted by atomic mass is 16.2. The summed E-state index contributed by atoms with van der Waals surface area (Å²) in [5, 5.41) is 13.0. The highest BCUT2D eigenvalue weighted by Gasteiger charge is 2.34. The summed E-state index contributed by atoms with van der Waals surface area (Å²) in [6.45, 7) is 1.88. The minimum absolute atomic E-state index is 0.189. The van der Waals surface area contributed by atoms with Crippen LogP contribution in [0, 0.1) is 5.41 Å². The summed E-state index contributed by atoms with van der Waals surface area (Å²) >= 11 is 0. The van der Waals surface area contributed by atoms with E-state index < -0.39 is 0 Å². The summed E-state index contributed by atoms with van der Waals surface area (Å²) < 4.78 is 1.80. The SMILES string of the molecule is CC1Cc2c(cnn2-c2cccc3ncccc23)C(=O)N1C(=N)N. The smallest absolute Gasteiger partial charge is 0.264 e. The number of carbonyl (C=O) groups is 1. The van der Waals surface area contributed by atoms with Gasteiger partial charge in [-0.3, -0.25) is 20.1 Å². The lowest BCUT2D eigenvalue weighted by molar-refractivity contribution is 0.0787. The van der Waals surface area contributed by atoms with Crippen molar-refractivity contribution in [2.75, 3.05) is 0 Å². The minimum Gasteiger partial charge on any atom is -0.370 e. The number of rotatable bonds is 1. The van der Waals surface area contributed by atoms with Crippen LogP contribution in [0.2, 0.25) is 0 Å². The minimum atomic E-state index is -0.277. The van der Waals surface area contributed by atoms with E-state index >= 15 is 0 Å². The van der Waals surface area contributed by atoms with E-state index in [1.807, 2.05) is 37.3 Å². The number of carbonyl (C=O) groups excluding carboxylic acids is 1. The third-order valence-electron chi connectivity index (χ3n) is 4.36. The van der Waals surface area contributed by atoms with Gasteiger partial charge in [0, 0.05) is 24.0 Å². The van der Waals surface area contributed by atoms with Crippen molar-refractivity contribution >= 4 is 22.8 Å². The van der Waals surface area contributed by atoms with Gasteiger partial charge in [-0.05, 0) is 31.2 Å². The Hall–Kier alpha value is -3.22. The summed E-state index contributed by atoms with van der Waals surface area (Å²) in [5.41, 5.74) is 8.64. The van der Waals surface area contributed by atoms with Crippen LogP contribution in [-0.4, -0.2) is 37.6 Å². The van der Waals surface area contributed by atoms with Crippen molar-refractivity contribution in [3.63, 3.8) is 0 Å². The molecule has 3 aromatic rings. The monoisotopic (exact) mass is 320 g/mol. The molecule has 0 spiro atoms. The third-order valence-corrected chi connectivity index (χ3v) is 4.36. The maximum atomic E-state index is 12.6. The zero-order valence-corrected chi connectivity index (χ0v) is 13.1. The first kappa shape index (κ1) is 14.4. The number of benzene rings is 1. The summed E-state index contributed by atoms with van der Waals surface area (Å²) in [5.74, 6) is -0.513. The number of nitrogens with two attached hydrogens (primary N) is 1. The Bertz CT molecular complexity index is 971. The van der Waals surface area contributed by atoms with Crippen LogP contribution in [-0.2, 0) is 6.42 Å². The number of hydrogen-bond donors (Lipinski definition) is 2. The molecule has 0 saturated heterocycles. The number of nitrogens with one attached hydrogen (secondary N) is 1. The Kier molecular flexibility index (Phi) is 3.09. The van der Waals surface area contributed by atoms with Crippen molar-refractivity contribution in [2.45, 2.75) is 19.4 Å². The van der Waals surface area contributed by atoms with Gasteiger partial charge in [-0.15, -0.1) is 0 Å². The lowest BCUT2D eigenvalue weighted by Crippen LogP contribution is -2.50. The van der Waals surface area contributed by atoms with Crippen molar-refractivity contribution in [1.82, 2.24) is 19.7 Å². The van der Waals surface area contributed by atoms with Crippen LogP contribution in [0.25, 0.3) is 16.6 Å². The van der Waals surface area contributed by atoms with Crippen LogP contribution in [0.5, 0.6) is 0 Å². The second-order valence-electron chi connectivity index (χ2n) is 5.88. The second-order valence-corrected chi connectivity index (χ2v) is 5.88. The molecule has 1 unspecified atom stereocenters. The Morgan fingerprint density at radius 2 is 2.17 bits per heavy atom. The van der Waals surface area contributed by atoms with Crippen LogP contribution in [0.1, 0.15) is 23.0 Å². The van der Waals surface area contributed by atoms with Gasteiger partial charge < -0.3 is 5.73 Å². The van der Waals surface area contributed by atoms with Gasteiger partial charge in [0.15, 0.2) is 5.96 Å². The average molecular weight is 320 g/mol. The topological polar surface area (TPSA) is 101 Å². The number of nitrogens with zero attached hydrogens (tertiary/aromatic N) is 4. The first-order valence-corrected chi connectivity index (χ1v) is 7.66. The molecule has 0 fully saturated rings. The lowest BCUT2D eigenvalue weighted by atomic mass is 10.0. The van der Waals surface area contributed by atoms with Crippen LogP contribution in [0.4, 0.5) is 0 Å². The van der Waals surface area contributed by atoms with E-state index in [-0.39, 0.29) is 17.9 Å². The standard InChI is InChI=1S/C17H16N6O/c1-10-8-15-12(16(24)22(10)17(18)19)9-21-23(15)14-6-2-5-13-11(14)4-3-7-20-13/h2-7,9-10H,8H2,1H3,(H3,18,19). The number of hydrogen-bond acceptors (Lipinski definition) is 4. The molecule has 2 aromatic heterocycles. The average Bonchev–Trinajstić information content (AvgIpc) is 2.97. The molecule has 7 heteroatoms. The Labute approximate surface area is 138 Å². The van der Waals surface area contributed by atoms with E-state index in [2.05, 4.69) is 10.1 Å². The molecule has 1 aliphatic heterocycles. The number of pyridine rings is 1. The Morgan fingerprint density at radius 1 is 1.33 bits per heavy atom. The van der Waals surface area contributed by atoms with Crippen LogP contribution in [0.15, 0.2) is 42.7 Å². The van der Waals surface area contributed by atoms with Crippen LogP contribution >= 0.6 is 0 Å². The van der Waals surface area contributed by atoms with E-state index in [1.54, 1.807) is 17.1 Å². The largest absolute Gasteiger partial charge is 0.370 e. The van der Waals surface area contributed by atoms with E-state index in [1.165, 1.54) is 4.90 Å². The number of amides is 1. The van der Waals surface area contributed by atoms with Crippen molar-refractivity contribution < 1.29 is 4.79 Å². The van der Waals surface area contributed by atoms with Crippen LogP contribution < -0.4 is 5.73 Å². The number of aromatic nitrogens is 3. The van der Waals surface area contributed by atoms with E-state index in [4.69, 9.17) is 11.1 Å². The first-order chi connectivity index (χ1) is 11.6. The molecule has 1 aliphatic rings. The van der Waals surface area contributed by atoms with Gasteiger partial charge in [0.1, 0.15) is 0 Å². The zero-order valence-electron chi connectivity index (χ0n) is 13.1. The number of guanidine groups is 1. The Morgan fingerprint density at radius 3 is 2.96 bits per heavy atom. The lowest BCUT2D eigenvalue weighted by Gasteiger charge is -2.31. The van der Waals surface area contributed by atoms with Gasteiger partial charge in [-0.25, -0.2) is 4.68 Å². The molecule has 0 bridgehead atoms. The molecule has 4 rings (SSSR count). The molecule has 0 aliphatic carbocycles. The highest BCUT2D eigenvalue weighted by molar-refractivity contribution is 6.06. The van der Waals surface area contributed by atoms with Gasteiger partial charge >= 0.3 is 0 Å². The number of fused-ring (bicyclic) bond motifs is 2. The molecule has 120 valence electrons. The summed E-state index contributed by atoms with van der Waals surface area (Å²) in [6.07, 6.45) is 3.88. The fourth-order valence-electron chi connectivity index (χ4n) is 3.28. The molecule has 1 atom stereocenters. The van der Waals surface area contributed by atoms with E-state index in [9.17, 15) is 4.79 Å². The van der Waals surface area contributed by atoms with Crippen molar-refractivity contribution in [2.24, 2.45) is 5.73 Å². The maximum absolute atomic E-state index is 12.6. The molecule has 1 aromatic carbocycles. The quantitative estimate of drug-likeness (QED) is 0.526. The summed E-state index contributed by atoms with van der Waals surface area (Å²) in [4.78, 5) is 18.3. The normalized spacial score (nSPS) is 17.1. The highest BCUT2D eigenvalue weighted by Crippen LogP contribution is 2.28. The maximum Gasteiger partial charge on any atom is 0.264 e. The van der Waals surface area contributed by atoms with E-state index in [0.717, 1.165) is 22.3 Å². The van der Waals surface area contributed by atoms with Gasteiger partial charge in [-0.2, -0.15) is 5.10 Å². The van der Waals surface area contributed by atoms with Crippen molar-refractivity contribution in [3.8, 4) is 5.69 Å². The molecule has 3 heterocycles. The Balaban J connectivity index is 1.90. The second kappa shape index (κ2) is 5.16. The summed E-state index contributed by atoms with van der Waals surface area (Å²) in [7, 11) is 0. The molecule has 0 radical (unpaired) electrons. The summed E-state index contributed by atoms with van der Waals surface area (Å²) in [6, 6.07) is 9.51. The van der Waals surface area contributed by atoms with Crippen molar-refractivity contribution in [3.05, 3.63) is 54.0 Å². The van der Waals surface area contributed by atoms with Gasteiger partial charge in [-0.1, -0.05) is 6.07 Å². The molecule has 3 N–H and O–H groups in total. The van der Waals surface area contributed by atoms with Gasteiger partial charge in [0.05, 0.1) is 28.7 Å². The molecule has 1 amide bonds.